The van der Waals surface area contributed by atoms with Gasteiger partial charge in [0.15, 0.2) is 0 Å². The van der Waals surface area contributed by atoms with Crippen molar-refractivity contribution >= 4 is 17.2 Å². The maximum atomic E-state index is 12.3. The first kappa shape index (κ1) is 14.1. The van der Waals surface area contributed by atoms with Crippen LogP contribution in [0, 0.1) is 18.8 Å². The SMILES string of the molecule is Cc1cc(C(=O)N2CCOCC2)sc1C#CCCO. The molecule has 102 valence electrons. The lowest BCUT2D eigenvalue weighted by Gasteiger charge is -2.26. The number of hydrogen-bond acceptors (Lipinski definition) is 4. The van der Waals surface area contributed by atoms with Crippen LogP contribution in [0.2, 0.25) is 0 Å². The summed E-state index contributed by atoms with van der Waals surface area (Å²) in [6.07, 6.45) is 0.462. The van der Waals surface area contributed by atoms with Crippen LogP contribution in [0.1, 0.15) is 26.5 Å². The van der Waals surface area contributed by atoms with Gasteiger partial charge in [0.1, 0.15) is 0 Å². The van der Waals surface area contributed by atoms with Gasteiger partial charge in [-0.2, -0.15) is 0 Å². The Labute approximate surface area is 117 Å². The summed E-state index contributed by atoms with van der Waals surface area (Å²) in [7, 11) is 0. The lowest BCUT2D eigenvalue weighted by molar-refractivity contribution is 0.0306. The number of carbonyl (C=O) groups is 1. The number of aliphatic hydroxyl groups excluding tert-OH is 1. The van der Waals surface area contributed by atoms with Crippen molar-refractivity contribution in [3.05, 3.63) is 21.4 Å². The monoisotopic (exact) mass is 279 g/mol. The molecule has 19 heavy (non-hydrogen) atoms. The summed E-state index contributed by atoms with van der Waals surface area (Å²) in [6.45, 7) is 4.55. The highest BCUT2D eigenvalue weighted by molar-refractivity contribution is 7.14. The number of nitrogens with zero attached hydrogens (tertiary/aromatic N) is 1. The fraction of sp³-hybridized carbons (Fsp3) is 0.500. The maximum Gasteiger partial charge on any atom is 0.264 e. The highest BCUT2D eigenvalue weighted by Gasteiger charge is 2.20. The van der Waals surface area contributed by atoms with Crippen LogP contribution in [0.5, 0.6) is 0 Å². The minimum absolute atomic E-state index is 0.0617. The third-order valence-corrected chi connectivity index (χ3v) is 4.01. The van der Waals surface area contributed by atoms with Crippen molar-refractivity contribution in [1.29, 1.82) is 0 Å². The summed E-state index contributed by atoms with van der Waals surface area (Å²) >= 11 is 1.42. The molecule has 1 aliphatic rings. The topological polar surface area (TPSA) is 49.8 Å². The van der Waals surface area contributed by atoms with Gasteiger partial charge in [0, 0.05) is 19.5 Å². The Kier molecular flexibility index (Phi) is 4.97. The molecule has 0 saturated carbocycles. The number of amides is 1. The van der Waals surface area contributed by atoms with E-state index < -0.39 is 0 Å². The molecule has 1 fully saturated rings. The van der Waals surface area contributed by atoms with Gasteiger partial charge in [-0.15, -0.1) is 11.3 Å². The summed E-state index contributed by atoms with van der Waals surface area (Å²) in [5.74, 6) is 5.96. The van der Waals surface area contributed by atoms with Crippen molar-refractivity contribution in [3.63, 3.8) is 0 Å². The first-order valence-corrected chi connectivity index (χ1v) is 7.11. The summed E-state index contributed by atoms with van der Waals surface area (Å²) in [5, 5.41) is 8.71. The molecule has 0 bridgehead atoms. The first-order chi connectivity index (χ1) is 9.22. The van der Waals surface area contributed by atoms with Crippen molar-refractivity contribution in [2.24, 2.45) is 0 Å². The quantitative estimate of drug-likeness (QED) is 0.829. The van der Waals surface area contributed by atoms with E-state index in [9.17, 15) is 4.79 Å². The van der Waals surface area contributed by atoms with Crippen LogP contribution in [0.3, 0.4) is 0 Å². The summed E-state index contributed by atoms with van der Waals surface area (Å²) < 4.78 is 5.24. The van der Waals surface area contributed by atoms with Gasteiger partial charge in [0.25, 0.3) is 5.91 Å². The van der Waals surface area contributed by atoms with E-state index in [0.29, 0.717) is 32.7 Å². The molecule has 1 aromatic heterocycles. The zero-order valence-corrected chi connectivity index (χ0v) is 11.8. The second kappa shape index (κ2) is 6.71. The summed E-state index contributed by atoms with van der Waals surface area (Å²) in [6, 6.07) is 1.89. The van der Waals surface area contributed by atoms with Crippen molar-refractivity contribution < 1.29 is 14.6 Å². The fourth-order valence-electron chi connectivity index (χ4n) is 1.83. The average molecular weight is 279 g/mol. The molecule has 1 amide bonds. The Morgan fingerprint density at radius 3 is 2.95 bits per heavy atom. The van der Waals surface area contributed by atoms with Gasteiger partial charge in [-0.25, -0.2) is 0 Å². The van der Waals surface area contributed by atoms with Gasteiger partial charge < -0.3 is 14.7 Å². The highest BCUT2D eigenvalue weighted by Crippen LogP contribution is 2.22. The number of aryl methyl sites for hydroxylation is 1. The predicted molar refractivity (Wildman–Crippen MR) is 74.4 cm³/mol. The molecule has 0 spiro atoms. The summed E-state index contributed by atoms with van der Waals surface area (Å²) in [5.41, 5.74) is 1.02. The second-order valence-corrected chi connectivity index (χ2v) is 5.35. The number of aliphatic hydroxyl groups is 1. The molecular weight excluding hydrogens is 262 g/mol. The van der Waals surface area contributed by atoms with E-state index in [0.717, 1.165) is 15.3 Å². The molecule has 0 aliphatic carbocycles. The number of morpholine rings is 1. The van der Waals surface area contributed by atoms with Crippen molar-refractivity contribution in [2.45, 2.75) is 13.3 Å². The van der Waals surface area contributed by atoms with E-state index in [2.05, 4.69) is 11.8 Å². The van der Waals surface area contributed by atoms with E-state index >= 15 is 0 Å². The lowest BCUT2D eigenvalue weighted by Crippen LogP contribution is -2.40. The minimum Gasteiger partial charge on any atom is -0.395 e. The summed E-state index contributed by atoms with van der Waals surface area (Å²) in [4.78, 5) is 15.7. The molecule has 4 nitrogen and oxygen atoms in total. The first-order valence-electron chi connectivity index (χ1n) is 6.29. The zero-order valence-electron chi connectivity index (χ0n) is 10.9. The van der Waals surface area contributed by atoms with Crippen LogP contribution in [-0.2, 0) is 4.74 Å². The van der Waals surface area contributed by atoms with Crippen molar-refractivity contribution in [3.8, 4) is 11.8 Å². The van der Waals surface area contributed by atoms with Crippen molar-refractivity contribution in [2.75, 3.05) is 32.9 Å². The predicted octanol–water partition coefficient (Wildman–Crippen LogP) is 1.26. The molecule has 0 radical (unpaired) electrons. The Morgan fingerprint density at radius 1 is 1.53 bits per heavy atom. The molecule has 2 rings (SSSR count). The standard InChI is InChI=1S/C14H17NO3S/c1-11-10-13(19-12(11)4-2-3-7-16)14(17)15-5-8-18-9-6-15/h10,16H,3,5-9H2,1H3. The number of carbonyl (C=O) groups excluding carboxylic acids is 1. The molecule has 1 aromatic rings. The average Bonchev–Trinajstić information content (AvgIpc) is 2.81. The molecule has 5 heteroatoms. The maximum absolute atomic E-state index is 12.3. The van der Waals surface area contributed by atoms with Crippen LogP contribution >= 0.6 is 11.3 Å². The van der Waals surface area contributed by atoms with Crippen LogP contribution in [0.15, 0.2) is 6.07 Å². The molecule has 0 atom stereocenters. The fourth-order valence-corrected chi connectivity index (χ4v) is 2.85. The van der Waals surface area contributed by atoms with E-state index in [-0.39, 0.29) is 12.5 Å². The Bertz CT molecular complexity index is 506. The van der Waals surface area contributed by atoms with Crippen LogP contribution in [0.25, 0.3) is 0 Å². The Hall–Kier alpha value is -1.35. The number of hydrogen-bond donors (Lipinski definition) is 1. The van der Waals surface area contributed by atoms with E-state index in [1.165, 1.54) is 11.3 Å². The second-order valence-electron chi connectivity index (χ2n) is 4.30. The van der Waals surface area contributed by atoms with Gasteiger partial charge >= 0.3 is 0 Å². The van der Waals surface area contributed by atoms with E-state index in [1.807, 2.05) is 17.9 Å². The third kappa shape index (κ3) is 3.57. The number of thiophene rings is 1. The smallest absolute Gasteiger partial charge is 0.264 e. The van der Waals surface area contributed by atoms with E-state index in [4.69, 9.17) is 9.84 Å². The molecule has 1 saturated heterocycles. The van der Waals surface area contributed by atoms with Gasteiger partial charge in [0.05, 0.1) is 29.6 Å². The highest BCUT2D eigenvalue weighted by atomic mass is 32.1. The van der Waals surface area contributed by atoms with E-state index in [1.54, 1.807) is 0 Å². The minimum atomic E-state index is 0.0617. The molecule has 0 aromatic carbocycles. The molecule has 0 unspecified atom stereocenters. The third-order valence-electron chi connectivity index (χ3n) is 2.87. The lowest BCUT2D eigenvalue weighted by atomic mass is 10.2. The van der Waals surface area contributed by atoms with Gasteiger partial charge in [0.2, 0.25) is 0 Å². The van der Waals surface area contributed by atoms with Gasteiger partial charge in [-0.3, -0.25) is 4.79 Å². The van der Waals surface area contributed by atoms with Crippen LogP contribution in [-0.4, -0.2) is 48.8 Å². The molecule has 2 heterocycles. The van der Waals surface area contributed by atoms with Gasteiger partial charge in [-0.05, 0) is 18.6 Å². The van der Waals surface area contributed by atoms with Gasteiger partial charge in [-0.1, -0.05) is 11.8 Å². The molecule has 1 aliphatic heterocycles. The number of rotatable bonds is 2. The normalized spacial score (nSPS) is 14.9. The zero-order chi connectivity index (χ0) is 13.7. The largest absolute Gasteiger partial charge is 0.395 e. The molecule has 1 N–H and O–H groups in total. The van der Waals surface area contributed by atoms with Crippen molar-refractivity contribution in [1.82, 2.24) is 4.90 Å². The number of ether oxygens (including phenoxy) is 1. The van der Waals surface area contributed by atoms with Crippen LogP contribution < -0.4 is 0 Å². The Balaban J connectivity index is 2.10. The molecular formula is C14H17NO3S. The van der Waals surface area contributed by atoms with Crippen LogP contribution in [0.4, 0.5) is 0 Å². The Morgan fingerprint density at radius 2 is 2.26 bits per heavy atom.